The fourth-order valence-corrected chi connectivity index (χ4v) is 3.24. The lowest BCUT2D eigenvalue weighted by Crippen LogP contribution is -2.02. The van der Waals surface area contributed by atoms with Gasteiger partial charge in [-0.1, -0.05) is 49.4 Å². The Labute approximate surface area is 177 Å². The number of para-hydroxylation sites is 1. The van der Waals surface area contributed by atoms with Crippen LogP contribution in [0.15, 0.2) is 66.7 Å². The van der Waals surface area contributed by atoms with Crippen molar-refractivity contribution in [3.05, 3.63) is 94.7 Å². The lowest BCUT2D eigenvalue weighted by molar-refractivity contribution is 0.303. The fourth-order valence-electron chi connectivity index (χ4n) is 3.24. The molecule has 154 valence electrons. The molecule has 5 N–H and O–H groups in total. The molecule has 0 radical (unpaired) electrons. The minimum atomic E-state index is 0.268. The van der Waals surface area contributed by atoms with Crippen LogP contribution in [0.25, 0.3) is 5.76 Å². The van der Waals surface area contributed by atoms with Crippen LogP contribution in [-0.2, 0) is 19.4 Å². The summed E-state index contributed by atoms with van der Waals surface area (Å²) in [6.07, 6.45) is 2.97. The van der Waals surface area contributed by atoms with E-state index in [9.17, 15) is 0 Å². The van der Waals surface area contributed by atoms with Crippen LogP contribution in [0.5, 0.6) is 5.75 Å². The van der Waals surface area contributed by atoms with Crippen molar-refractivity contribution >= 4 is 17.3 Å². The number of nitrogens with one attached hydrogen (secondary N) is 1. The highest BCUT2D eigenvalue weighted by Gasteiger charge is 2.11. The van der Waals surface area contributed by atoms with E-state index >= 15 is 0 Å². The average Bonchev–Trinajstić information content (AvgIpc) is 2.73. The molecule has 3 rings (SSSR count). The molecule has 0 saturated carbocycles. The summed E-state index contributed by atoms with van der Waals surface area (Å²) in [7, 11) is 0. The van der Waals surface area contributed by atoms with Crippen LogP contribution in [0.2, 0.25) is 0 Å². The van der Waals surface area contributed by atoms with E-state index in [4.69, 9.17) is 21.0 Å². The van der Waals surface area contributed by atoms with Gasteiger partial charge in [0, 0.05) is 12.1 Å². The molecule has 0 unspecified atom stereocenters. The number of nitrogens with two attached hydrogens (primary N) is 1. The van der Waals surface area contributed by atoms with E-state index in [0.29, 0.717) is 35.8 Å². The molecular weight excluding hydrogens is 374 g/mol. The van der Waals surface area contributed by atoms with E-state index in [0.717, 1.165) is 23.3 Å². The molecule has 0 spiro atoms. The number of hydrogen-bond acceptors (Lipinski definition) is 4. The first-order valence-corrected chi connectivity index (χ1v) is 9.99. The number of nitrogens with zero attached hydrogens (tertiary/aromatic N) is 1. The van der Waals surface area contributed by atoms with E-state index in [1.807, 2.05) is 49.4 Å². The highest BCUT2D eigenvalue weighted by Crippen LogP contribution is 2.20. The molecule has 5 nitrogen and oxygen atoms in total. The molecule has 3 aromatic rings. The minimum Gasteiger partial charge on any atom is -0.593 e. The molecule has 0 saturated heterocycles. The number of allylic oxidation sites excluding steroid dienone is 1. The van der Waals surface area contributed by atoms with Gasteiger partial charge in [0.05, 0.1) is 17.3 Å². The first kappa shape index (κ1) is 21.1. The molecule has 30 heavy (non-hydrogen) atoms. The van der Waals surface area contributed by atoms with Crippen molar-refractivity contribution in [2.24, 2.45) is 0 Å². The van der Waals surface area contributed by atoms with Gasteiger partial charge in [-0.3, -0.25) is 0 Å². The number of aryl methyl sites for hydroxylation is 2. The lowest BCUT2D eigenvalue weighted by Gasteiger charge is -2.10. The van der Waals surface area contributed by atoms with Gasteiger partial charge in [-0.25, -0.2) is 4.98 Å². The normalized spacial score (nSPS) is 11.3. The van der Waals surface area contributed by atoms with Gasteiger partial charge in [0.2, 0.25) is 0 Å². The molecule has 0 fully saturated rings. The monoisotopic (exact) mass is 402 g/mol. The molecule has 0 bridgehead atoms. The number of ether oxygens (including phenoxy) is 1. The maximum atomic E-state index is 8.25. The molecule has 0 aliphatic rings. The largest absolute Gasteiger partial charge is 0.593 e. The number of hydrogen-bond donors (Lipinski definition) is 2. The van der Waals surface area contributed by atoms with Crippen LogP contribution in [0.1, 0.15) is 34.9 Å². The van der Waals surface area contributed by atoms with E-state index in [2.05, 4.69) is 18.0 Å². The van der Waals surface area contributed by atoms with Gasteiger partial charge < -0.3 is 21.0 Å². The zero-order chi connectivity index (χ0) is 21.5. The Morgan fingerprint density at radius 1 is 1.07 bits per heavy atom. The quantitative estimate of drug-likeness (QED) is 0.331. The van der Waals surface area contributed by atoms with Crippen LogP contribution in [-0.4, -0.2) is 15.8 Å². The number of nitrogen functional groups attached to an aromatic ring is 1. The molecule has 0 aliphatic heterocycles. The van der Waals surface area contributed by atoms with Gasteiger partial charge in [-0.15, -0.1) is 0 Å². The van der Waals surface area contributed by atoms with Crippen molar-refractivity contribution in [1.29, 1.82) is 5.41 Å². The number of aromatic nitrogens is 1. The molecule has 0 atom stereocenters. The van der Waals surface area contributed by atoms with E-state index < -0.39 is 0 Å². The standard InChI is InChI=1S/C25H27N3O2/c1-3-20-6-4-5-7-24(20)30-16-19-10-8-18(9-11-19)14-21(26)15-23(29)22-12-13-25(27)28-17(22)2/h4-13,15,26,29H,3,14,16H2,1-2H3,(H2,27,28)/p+1/b23-15-,26-21?. The maximum Gasteiger partial charge on any atom is 0.264 e. The predicted octanol–water partition coefficient (Wildman–Crippen LogP) is 4.44. The SMILES string of the molecule is CCc1ccccc1OCc1ccc(CC(=N)/C=C(\[OH2+])c2ccc(N)nc2C)cc1. The smallest absolute Gasteiger partial charge is 0.264 e. The van der Waals surface area contributed by atoms with Gasteiger partial charge in [0.1, 0.15) is 18.2 Å². The van der Waals surface area contributed by atoms with Crippen LogP contribution in [0.4, 0.5) is 5.82 Å². The van der Waals surface area contributed by atoms with Crippen molar-refractivity contribution in [3.63, 3.8) is 0 Å². The molecule has 0 aliphatic carbocycles. The third-order valence-corrected chi connectivity index (χ3v) is 4.88. The zero-order valence-electron chi connectivity index (χ0n) is 17.4. The second-order valence-corrected chi connectivity index (χ2v) is 7.20. The molecule has 5 heteroatoms. The van der Waals surface area contributed by atoms with Crippen LogP contribution < -0.4 is 10.5 Å². The summed E-state index contributed by atoms with van der Waals surface area (Å²) in [6.45, 7) is 4.44. The van der Waals surface area contributed by atoms with Crippen molar-refractivity contribution in [1.82, 2.24) is 4.98 Å². The third kappa shape index (κ3) is 5.47. The Bertz CT molecular complexity index is 1060. The molecule has 1 heterocycles. The maximum absolute atomic E-state index is 8.25. The van der Waals surface area contributed by atoms with Crippen molar-refractivity contribution in [3.8, 4) is 5.75 Å². The second-order valence-electron chi connectivity index (χ2n) is 7.20. The third-order valence-electron chi connectivity index (χ3n) is 4.88. The van der Waals surface area contributed by atoms with Gasteiger partial charge in [0.15, 0.2) is 0 Å². The number of pyridine rings is 1. The minimum absolute atomic E-state index is 0.268. The van der Waals surface area contributed by atoms with Crippen molar-refractivity contribution in [2.75, 3.05) is 5.73 Å². The Hall–Kier alpha value is -3.60. The van der Waals surface area contributed by atoms with Gasteiger partial charge in [0.25, 0.3) is 5.76 Å². The van der Waals surface area contributed by atoms with E-state index in [-0.39, 0.29) is 5.76 Å². The number of anilines is 1. The van der Waals surface area contributed by atoms with Gasteiger partial charge in [-0.05, 0) is 48.2 Å². The van der Waals surface area contributed by atoms with Gasteiger partial charge >= 0.3 is 0 Å². The Morgan fingerprint density at radius 2 is 1.77 bits per heavy atom. The Kier molecular flexibility index (Phi) is 6.86. The topological polar surface area (TPSA) is 94.9 Å². The summed E-state index contributed by atoms with van der Waals surface area (Å²) in [4.78, 5) is 4.18. The van der Waals surface area contributed by atoms with Crippen LogP contribution in [0.3, 0.4) is 0 Å². The summed E-state index contributed by atoms with van der Waals surface area (Å²) in [6, 6.07) is 19.6. The Balaban J connectivity index is 1.60. The molecular formula is C25H28N3O2+. The zero-order valence-corrected chi connectivity index (χ0v) is 17.4. The summed E-state index contributed by atoms with van der Waals surface area (Å²) in [5.74, 6) is 1.62. The fraction of sp³-hybridized carbons (Fsp3) is 0.200. The first-order valence-electron chi connectivity index (χ1n) is 9.99. The first-order chi connectivity index (χ1) is 14.5. The Morgan fingerprint density at radius 3 is 2.47 bits per heavy atom. The molecule has 2 aromatic carbocycles. The molecule has 1 aromatic heterocycles. The van der Waals surface area contributed by atoms with Crippen molar-refractivity contribution in [2.45, 2.75) is 33.3 Å². The lowest BCUT2D eigenvalue weighted by atomic mass is 10.0. The van der Waals surface area contributed by atoms with E-state index in [1.165, 1.54) is 5.56 Å². The average molecular weight is 403 g/mol. The summed E-state index contributed by atoms with van der Waals surface area (Å²) < 4.78 is 5.96. The second kappa shape index (κ2) is 9.74. The predicted molar refractivity (Wildman–Crippen MR) is 123 cm³/mol. The van der Waals surface area contributed by atoms with E-state index in [1.54, 1.807) is 18.2 Å². The summed E-state index contributed by atoms with van der Waals surface area (Å²) in [5.41, 5.74) is 10.7. The summed E-state index contributed by atoms with van der Waals surface area (Å²) >= 11 is 0. The van der Waals surface area contributed by atoms with Crippen LogP contribution in [0, 0.1) is 12.3 Å². The van der Waals surface area contributed by atoms with Gasteiger partial charge in [-0.2, -0.15) is 0 Å². The number of rotatable bonds is 8. The summed E-state index contributed by atoms with van der Waals surface area (Å²) in [5, 5.41) is 16.5. The highest BCUT2D eigenvalue weighted by atomic mass is 16.5. The van der Waals surface area contributed by atoms with Crippen LogP contribution >= 0.6 is 0 Å². The molecule has 0 amide bonds. The number of benzene rings is 2. The van der Waals surface area contributed by atoms with Crippen molar-refractivity contribution < 1.29 is 9.84 Å². The highest BCUT2D eigenvalue weighted by molar-refractivity contribution is 5.98.